The van der Waals surface area contributed by atoms with Crippen molar-refractivity contribution in [2.24, 2.45) is 0 Å². The maximum absolute atomic E-state index is 13.7. The van der Waals surface area contributed by atoms with E-state index < -0.39 is 26.3 Å². The third-order valence-corrected chi connectivity index (χ3v) is 5.27. The molecule has 0 bridgehead atoms. The Hall–Kier alpha value is -1.67. The van der Waals surface area contributed by atoms with Crippen molar-refractivity contribution in [3.8, 4) is 11.1 Å². The van der Waals surface area contributed by atoms with Crippen molar-refractivity contribution in [1.29, 1.82) is 0 Å². The van der Waals surface area contributed by atoms with Gasteiger partial charge in [-0.2, -0.15) is 0 Å². The quantitative estimate of drug-likeness (QED) is 0.880. The van der Waals surface area contributed by atoms with Crippen LogP contribution in [0.4, 0.5) is 13.2 Å². The minimum absolute atomic E-state index is 0.220. The number of halogens is 3. The van der Waals surface area contributed by atoms with E-state index in [1.165, 1.54) is 38.5 Å². The van der Waals surface area contributed by atoms with Crippen LogP contribution >= 0.6 is 0 Å². The van der Waals surface area contributed by atoms with Gasteiger partial charge in [-0.05, 0) is 5.56 Å². The van der Waals surface area contributed by atoms with Gasteiger partial charge < -0.3 is 13.6 Å². The average molecular weight is 314 g/mol. The van der Waals surface area contributed by atoms with Gasteiger partial charge in [0.2, 0.25) is 0 Å². The van der Waals surface area contributed by atoms with E-state index in [1.807, 2.05) is 0 Å². The molecule has 7 heteroatoms. The minimum atomic E-state index is -3.48. The Bertz CT molecular complexity index is 619. The predicted octanol–water partition coefficient (Wildman–Crippen LogP) is 2.20. The summed E-state index contributed by atoms with van der Waals surface area (Å²) >= 11 is 0. The molecule has 0 aliphatic carbocycles. The van der Waals surface area contributed by atoms with E-state index >= 15 is 0 Å². The van der Waals surface area contributed by atoms with Crippen LogP contribution in [-0.4, -0.2) is 27.8 Å². The smallest absolute Gasteiger partial charge is 0.386 e. The van der Waals surface area contributed by atoms with Crippen molar-refractivity contribution in [2.45, 2.75) is 0 Å². The fourth-order valence-corrected chi connectivity index (χ4v) is 3.21. The molecule has 0 radical (unpaired) electrons. The van der Waals surface area contributed by atoms with Crippen LogP contribution in [0, 0.1) is 17.5 Å². The maximum Gasteiger partial charge on any atom is 0.533 e. The van der Waals surface area contributed by atoms with Crippen LogP contribution in [0.1, 0.15) is 0 Å². The third kappa shape index (κ3) is 3.00. The highest BCUT2D eigenvalue weighted by Crippen LogP contribution is 2.26. The summed E-state index contributed by atoms with van der Waals surface area (Å²) in [4.78, 5) is 10.1. The van der Waals surface area contributed by atoms with Crippen molar-refractivity contribution in [1.82, 2.24) is 0 Å². The molecule has 0 atom stereocenters. The average Bonchev–Trinajstić information content (AvgIpc) is 2.46. The summed E-state index contributed by atoms with van der Waals surface area (Å²) in [6.45, 7) is 0. The van der Waals surface area contributed by atoms with Crippen LogP contribution in [0.5, 0.6) is 0 Å². The summed E-state index contributed by atoms with van der Waals surface area (Å²) in [6.07, 6.45) is 0. The van der Waals surface area contributed by atoms with Gasteiger partial charge in [0.15, 0.2) is 0 Å². The first-order valence-electron chi connectivity index (χ1n) is 5.99. The molecule has 0 aliphatic heterocycles. The molecule has 2 rings (SSSR count). The molecular weight excluding hydrogens is 301 g/mol. The largest absolute Gasteiger partial charge is 0.533 e. The molecule has 0 fully saturated rings. The second kappa shape index (κ2) is 5.98. The molecule has 0 spiro atoms. The summed E-state index contributed by atoms with van der Waals surface area (Å²) in [6, 6.07) is 6.95. The van der Waals surface area contributed by atoms with Crippen molar-refractivity contribution in [3.63, 3.8) is 0 Å². The van der Waals surface area contributed by atoms with Gasteiger partial charge in [-0.25, -0.2) is 13.2 Å². The molecule has 112 valence electrons. The van der Waals surface area contributed by atoms with Gasteiger partial charge in [-0.1, -0.05) is 24.3 Å². The molecule has 0 aromatic heterocycles. The lowest BCUT2D eigenvalue weighted by atomic mass is 10.0. The Balaban J connectivity index is 2.45. The van der Waals surface area contributed by atoms with Gasteiger partial charge in [-0.15, -0.1) is 0 Å². The van der Waals surface area contributed by atoms with Crippen molar-refractivity contribution in [3.05, 3.63) is 53.8 Å². The number of hydrogen-bond acceptors (Lipinski definition) is 3. The molecule has 0 amide bonds. The molecule has 0 unspecified atom stereocenters. The topological polar surface area (TPSA) is 38.7 Å². The Morgan fingerprint density at radius 3 is 1.81 bits per heavy atom. The Kier molecular flexibility index (Phi) is 4.48. The zero-order chi connectivity index (χ0) is 15.6. The van der Waals surface area contributed by atoms with Crippen LogP contribution in [0.15, 0.2) is 36.4 Å². The van der Waals surface area contributed by atoms with E-state index in [2.05, 4.69) is 0 Å². The number of benzene rings is 2. The molecule has 21 heavy (non-hydrogen) atoms. The van der Waals surface area contributed by atoms with E-state index in [1.54, 1.807) is 0 Å². The van der Waals surface area contributed by atoms with Crippen molar-refractivity contribution in [2.75, 3.05) is 14.2 Å². The van der Waals surface area contributed by atoms with E-state index in [-0.39, 0.29) is 11.1 Å². The summed E-state index contributed by atoms with van der Waals surface area (Å²) < 4.78 is 50.2. The Morgan fingerprint density at radius 1 is 0.905 bits per heavy atom. The molecule has 0 saturated heterocycles. The molecule has 0 saturated carbocycles. The Morgan fingerprint density at radius 2 is 1.38 bits per heavy atom. The second-order valence-corrected chi connectivity index (χ2v) is 6.87. The number of hydrogen-bond donors (Lipinski definition) is 1. The second-order valence-electron chi connectivity index (χ2n) is 4.31. The SMILES string of the molecule is CO[Si](O)(OC)c1ccc(-c2c(F)cc(F)cc2F)cc1. The number of rotatable bonds is 4. The first-order chi connectivity index (χ1) is 9.91. The summed E-state index contributed by atoms with van der Waals surface area (Å²) in [7, 11) is -0.864. The van der Waals surface area contributed by atoms with Gasteiger partial charge in [0.1, 0.15) is 17.5 Å². The lowest BCUT2D eigenvalue weighted by Crippen LogP contribution is -2.52. The lowest BCUT2D eigenvalue weighted by Gasteiger charge is -2.20. The van der Waals surface area contributed by atoms with Gasteiger partial charge in [0.25, 0.3) is 0 Å². The molecule has 2 aromatic carbocycles. The normalized spacial score (nSPS) is 11.7. The first-order valence-corrected chi connectivity index (χ1v) is 7.76. The zero-order valence-corrected chi connectivity index (χ0v) is 12.4. The van der Waals surface area contributed by atoms with Gasteiger partial charge in [0.05, 0.1) is 5.56 Å². The van der Waals surface area contributed by atoms with Crippen molar-refractivity contribution < 1.29 is 26.8 Å². The van der Waals surface area contributed by atoms with Crippen LogP contribution < -0.4 is 5.19 Å². The fraction of sp³-hybridized carbons (Fsp3) is 0.143. The van der Waals surface area contributed by atoms with Gasteiger partial charge in [-0.3, -0.25) is 0 Å². The first kappa shape index (κ1) is 15.7. The summed E-state index contributed by atoms with van der Waals surface area (Å²) in [5.74, 6) is -2.97. The minimum Gasteiger partial charge on any atom is -0.386 e. The molecule has 0 aliphatic rings. The maximum atomic E-state index is 13.7. The molecule has 1 N–H and O–H groups in total. The van der Waals surface area contributed by atoms with E-state index in [9.17, 15) is 18.0 Å². The highest BCUT2D eigenvalue weighted by molar-refractivity contribution is 6.74. The van der Waals surface area contributed by atoms with E-state index in [0.717, 1.165) is 0 Å². The monoisotopic (exact) mass is 314 g/mol. The highest BCUT2D eigenvalue weighted by atomic mass is 28.4. The molecule has 3 nitrogen and oxygen atoms in total. The summed E-state index contributed by atoms with van der Waals surface area (Å²) in [5.41, 5.74) is -0.111. The van der Waals surface area contributed by atoms with Crippen LogP contribution in [0.25, 0.3) is 11.1 Å². The van der Waals surface area contributed by atoms with Crippen LogP contribution in [0.3, 0.4) is 0 Å². The Labute approximate surface area is 120 Å². The summed E-state index contributed by atoms with van der Waals surface area (Å²) in [5, 5.41) is 0.388. The molecular formula is C14H13F3O3Si. The van der Waals surface area contributed by atoms with E-state index in [4.69, 9.17) is 8.85 Å². The van der Waals surface area contributed by atoms with E-state index in [0.29, 0.717) is 17.3 Å². The van der Waals surface area contributed by atoms with Gasteiger partial charge >= 0.3 is 8.80 Å². The standard InChI is InChI=1S/C14H13F3O3Si/c1-19-21(18,20-2)11-5-3-9(4-6-11)14-12(16)7-10(15)8-13(14)17/h3-8,18H,1-2H3. The molecule has 2 aromatic rings. The highest BCUT2D eigenvalue weighted by Gasteiger charge is 2.37. The third-order valence-electron chi connectivity index (χ3n) is 3.10. The zero-order valence-electron chi connectivity index (χ0n) is 11.4. The predicted molar refractivity (Wildman–Crippen MR) is 73.4 cm³/mol. The fourth-order valence-electron chi connectivity index (χ4n) is 1.98. The van der Waals surface area contributed by atoms with Gasteiger partial charge in [0, 0.05) is 31.5 Å². The van der Waals surface area contributed by atoms with Crippen LogP contribution in [0.2, 0.25) is 0 Å². The molecule has 0 heterocycles. The van der Waals surface area contributed by atoms with Crippen LogP contribution in [-0.2, 0) is 8.85 Å². The lowest BCUT2D eigenvalue weighted by molar-refractivity contribution is 0.169. The van der Waals surface area contributed by atoms with Crippen molar-refractivity contribution >= 4 is 14.0 Å².